The molecule has 94 heavy (non-hydrogen) atoms. The summed E-state index contributed by atoms with van der Waals surface area (Å²) in [6, 6.07) is 0. The van der Waals surface area contributed by atoms with Crippen molar-refractivity contribution in [1.82, 2.24) is 0 Å². The average molecular weight is 1380 g/mol. The first kappa shape index (κ1) is 92.1. The molecule has 0 bridgehead atoms. The van der Waals surface area contributed by atoms with Gasteiger partial charge in [-0.05, 0) is 49.4 Å². The van der Waals surface area contributed by atoms with E-state index < -0.39 is 97.5 Å². The number of hydrogen-bond donors (Lipinski definition) is 3. The first-order valence-corrected chi connectivity index (χ1v) is 41.8. The second kappa shape index (κ2) is 64.4. The Balaban J connectivity index is 5.13. The van der Waals surface area contributed by atoms with Gasteiger partial charge in [0.1, 0.15) is 19.3 Å². The maximum Gasteiger partial charge on any atom is 0.472 e. The summed E-state index contributed by atoms with van der Waals surface area (Å²) in [5.74, 6) is 0.932. The molecule has 19 heteroatoms. The highest BCUT2D eigenvalue weighted by Gasteiger charge is 2.30. The molecule has 0 rings (SSSR count). The average Bonchev–Trinajstić information content (AvgIpc) is 2.51. The highest BCUT2D eigenvalue weighted by molar-refractivity contribution is 7.47. The van der Waals surface area contributed by atoms with E-state index in [4.69, 9.17) is 37.0 Å². The van der Waals surface area contributed by atoms with Crippen molar-refractivity contribution in [3.63, 3.8) is 0 Å². The fraction of sp³-hybridized carbons (Fsp3) is 0.947. The number of carbonyl (C=O) groups excluding carboxylic acids is 4. The van der Waals surface area contributed by atoms with Gasteiger partial charge in [-0.2, -0.15) is 0 Å². The van der Waals surface area contributed by atoms with E-state index in [1.54, 1.807) is 0 Å². The van der Waals surface area contributed by atoms with Crippen molar-refractivity contribution in [3.05, 3.63) is 0 Å². The molecule has 0 spiro atoms. The van der Waals surface area contributed by atoms with Crippen molar-refractivity contribution in [2.45, 2.75) is 395 Å². The van der Waals surface area contributed by atoms with Crippen molar-refractivity contribution in [3.8, 4) is 0 Å². The van der Waals surface area contributed by atoms with Gasteiger partial charge >= 0.3 is 39.5 Å². The van der Waals surface area contributed by atoms with E-state index >= 15 is 0 Å². The summed E-state index contributed by atoms with van der Waals surface area (Å²) in [6.45, 7) is 14.1. The van der Waals surface area contributed by atoms with Crippen LogP contribution in [0.5, 0.6) is 0 Å². The Morgan fingerprint density at radius 2 is 0.511 bits per heavy atom. The van der Waals surface area contributed by atoms with Crippen LogP contribution in [0.2, 0.25) is 0 Å². The van der Waals surface area contributed by atoms with Crippen LogP contribution < -0.4 is 0 Å². The molecule has 0 aromatic rings. The fourth-order valence-electron chi connectivity index (χ4n) is 11.3. The lowest BCUT2D eigenvalue weighted by Gasteiger charge is -2.21. The van der Waals surface area contributed by atoms with Crippen molar-refractivity contribution in [2.75, 3.05) is 39.6 Å². The van der Waals surface area contributed by atoms with E-state index in [-0.39, 0.29) is 25.7 Å². The molecular formula is C75H146O17P2. The van der Waals surface area contributed by atoms with Crippen LogP contribution in [0.15, 0.2) is 0 Å². The Morgan fingerprint density at radius 1 is 0.298 bits per heavy atom. The molecule has 3 N–H and O–H groups in total. The number of esters is 4. The number of ether oxygens (including phenoxy) is 4. The molecular weight excluding hydrogens is 1230 g/mol. The molecule has 0 aliphatic carbocycles. The van der Waals surface area contributed by atoms with Crippen LogP contribution in [0.4, 0.5) is 0 Å². The van der Waals surface area contributed by atoms with Gasteiger partial charge in [0.25, 0.3) is 0 Å². The van der Waals surface area contributed by atoms with Crippen molar-refractivity contribution < 1.29 is 80.2 Å². The summed E-state index contributed by atoms with van der Waals surface area (Å²) in [4.78, 5) is 72.7. The third kappa shape index (κ3) is 64.7. The first-order chi connectivity index (χ1) is 45.2. The van der Waals surface area contributed by atoms with E-state index in [9.17, 15) is 43.2 Å². The van der Waals surface area contributed by atoms with Crippen LogP contribution in [0.25, 0.3) is 0 Å². The second-order valence-corrected chi connectivity index (χ2v) is 31.1. The molecule has 17 nitrogen and oxygen atoms in total. The fourth-order valence-corrected chi connectivity index (χ4v) is 12.9. The third-order valence-corrected chi connectivity index (χ3v) is 20.3. The first-order valence-electron chi connectivity index (χ1n) is 38.8. The maximum absolute atomic E-state index is 13.0. The van der Waals surface area contributed by atoms with Crippen LogP contribution in [0, 0.1) is 23.7 Å². The molecule has 0 fully saturated rings. The van der Waals surface area contributed by atoms with E-state index in [0.29, 0.717) is 25.7 Å². The minimum Gasteiger partial charge on any atom is -0.462 e. The van der Waals surface area contributed by atoms with Crippen LogP contribution in [-0.2, 0) is 65.4 Å². The molecule has 5 unspecified atom stereocenters. The highest BCUT2D eigenvalue weighted by atomic mass is 31.2. The number of hydrogen-bond acceptors (Lipinski definition) is 15. The third-order valence-electron chi connectivity index (χ3n) is 18.4. The summed E-state index contributed by atoms with van der Waals surface area (Å²) in [5, 5.41) is 10.6. The zero-order valence-corrected chi connectivity index (χ0v) is 63.4. The van der Waals surface area contributed by atoms with E-state index in [0.717, 1.165) is 120 Å². The predicted molar refractivity (Wildman–Crippen MR) is 381 cm³/mol. The van der Waals surface area contributed by atoms with Crippen LogP contribution in [0.3, 0.4) is 0 Å². The van der Waals surface area contributed by atoms with Crippen LogP contribution in [0.1, 0.15) is 376 Å². The normalized spacial score (nSPS) is 15.0. The van der Waals surface area contributed by atoms with Crippen LogP contribution >= 0.6 is 15.6 Å². The molecule has 0 saturated heterocycles. The lowest BCUT2D eigenvalue weighted by molar-refractivity contribution is -0.161. The Morgan fingerprint density at radius 3 is 0.755 bits per heavy atom. The van der Waals surface area contributed by atoms with Gasteiger partial charge in [0, 0.05) is 25.7 Å². The van der Waals surface area contributed by atoms with Crippen molar-refractivity contribution in [2.24, 2.45) is 23.7 Å². The van der Waals surface area contributed by atoms with Crippen molar-refractivity contribution in [1.29, 1.82) is 0 Å². The van der Waals surface area contributed by atoms with E-state index in [1.807, 2.05) is 0 Å². The van der Waals surface area contributed by atoms with Crippen molar-refractivity contribution >= 4 is 39.5 Å². The highest BCUT2D eigenvalue weighted by Crippen LogP contribution is 2.45. The number of carbonyl (C=O) groups is 4. The molecule has 0 radical (unpaired) electrons. The number of unbranched alkanes of at least 4 members (excludes halogenated alkanes) is 35. The Kier molecular flexibility index (Phi) is 63.1. The van der Waals surface area contributed by atoms with Gasteiger partial charge in [-0.15, -0.1) is 0 Å². The molecule has 0 saturated carbocycles. The number of aliphatic hydroxyl groups is 1. The SMILES string of the molecule is CCC(C)CCCCCCCCCCCCCCCCCCCCC(=O)OC[C@H](COP(=O)(O)OC[C@@H](O)COP(=O)(O)OC[C@@H](COC(=O)CCCCCCCCC(C)CC)OC(=O)CCCCCCCCCCCC(C)C)OC(=O)CCCCCCCCC(C)CC. The predicted octanol–water partition coefficient (Wildman–Crippen LogP) is 21.7. The minimum absolute atomic E-state index is 0.103. The van der Waals surface area contributed by atoms with Gasteiger partial charge in [0.15, 0.2) is 12.2 Å². The van der Waals surface area contributed by atoms with Gasteiger partial charge in [-0.3, -0.25) is 37.3 Å². The monoisotopic (exact) mass is 1380 g/mol. The number of rotatable bonds is 72. The summed E-state index contributed by atoms with van der Waals surface area (Å²) in [7, 11) is -9.91. The number of aliphatic hydroxyl groups excluding tert-OH is 1. The van der Waals surface area contributed by atoms with Gasteiger partial charge in [-0.25, -0.2) is 9.13 Å². The number of phosphoric ester groups is 2. The molecule has 558 valence electrons. The van der Waals surface area contributed by atoms with E-state index in [1.165, 1.54) is 173 Å². The zero-order valence-electron chi connectivity index (χ0n) is 61.6. The summed E-state index contributed by atoms with van der Waals surface area (Å²) >= 11 is 0. The summed E-state index contributed by atoms with van der Waals surface area (Å²) in [5.41, 5.74) is 0. The standard InChI is InChI=1S/C75H146O17P2/c1-9-66(6)52-44-36-28-24-20-18-16-14-12-13-15-17-19-21-25-29-39-47-55-72(77)85-61-71(92-75(80)58-50-42-34-32-38-46-54-68(8)11-3)64-90-94(83,84)88-60-69(76)59-87-93(81,82)89-63-70(62-86-73(78)56-48-40-33-31-37-45-53-67(7)10-2)91-74(79)57-49-41-30-26-22-23-27-35-43-51-65(4)5/h65-71,76H,9-64H2,1-8H3,(H,81,82)(H,83,84)/t66?,67?,68?,69-,70+,71+/m0/s1. The number of phosphoric acid groups is 2. The largest absolute Gasteiger partial charge is 0.472 e. The lowest BCUT2D eigenvalue weighted by Crippen LogP contribution is -2.30. The maximum atomic E-state index is 13.0. The Labute approximate surface area is 575 Å². The Bertz CT molecular complexity index is 1860. The summed E-state index contributed by atoms with van der Waals surface area (Å²) in [6.07, 6.45) is 48.8. The topological polar surface area (TPSA) is 237 Å². The molecule has 0 aliphatic heterocycles. The second-order valence-electron chi connectivity index (χ2n) is 28.2. The van der Waals surface area contributed by atoms with Crippen LogP contribution in [-0.4, -0.2) is 96.7 Å². The van der Waals surface area contributed by atoms with Gasteiger partial charge in [-0.1, -0.05) is 325 Å². The van der Waals surface area contributed by atoms with Gasteiger partial charge in [0.05, 0.1) is 26.4 Å². The molecule has 0 heterocycles. The molecule has 0 aromatic heterocycles. The quantitative estimate of drug-likeness (QED) is 0.0222. The Hall–Kier alpha value is -1.94. The zero-order chi connectivity index (χ0) is 69.6. The smallest absolute Gasteiger partial charge is 0.462 e. The molecule has 0 aromatic carbocycles. The van der Waals surface area contributed by atoms with Gasteiger partial charge < -0.3 is 33.8 Å². The summed E-state index contributed by atoms with van der Waals surface area (Å²) < 4.78 is 68.4. The van der Waals surface area contributed by atoms with Gasteiger partial charge in [0.2, 0.25) is 0 Å². The van der Waals surface area contributed by atoms with E-state index in [2.05, 4.69) is 55.4 Å². The molecule has 0 aliphatic rings. The molecule has 0 amide bonds. The molecule has 8 atom stereocenters. The lowest BCUT2D eigenvalue weighted by atomic mass is 9.99. The minimum atomic E-state index is -4.96.